The number of benzene rings is 1. The summed E-state index contributed by atoms with van der Waals surface area (Å²) in [5.74, 6) is 1.61. The van der Waals surface area contributed by atoms with Crippen molar-refractivity contribution in [2.75, 3.05) is 7.11 Å². The first kappa shape index (κ1) is 13.7. The number of aromatic nitrogens is 2. The summed E-state index contributed by atoms with van der Waals surface area (Å²) in [6.07, 6.45) is 0.645. The molecule has 0 N–H and O–H groups in total. The number of rotatable bonds is 5. The van der Waals surface area contributed by atoms with Gasteiger partial charge in [-0.2, -0.15) is 4.98 Å². The first-order chi connectivity index (χ1) is 9.13. The van der Waals surface area contributed by atoms with Crippen LogP contribution in [0.2, 0.25) is 0 Å². The number of ketones is 1. The predicted molar refractivity (Wildman–Crippen MR) is 73.0 cm³/mol. The molecule has 0 aliphatic heterocycles. The molecule has 0 aliphatic carbocycles. The fourth-order valence-electron chi connectivity index (χ4n) is 1.54. The van der Waals surface area contributed by atoms with Crippen LogP contribution in [0.15, 0.2) is 27.2 Å². The Labute approximate surface area is 119 Å². The molecule has 0 saturated carbocycles. The molecule has 1 heterocycles. The van der Waals surface area contributed by atoms with Gasteiger partial charge >= 0.3 is 0 Å². The molecule has 0 atom stereocenters. The SMILES string of the molecule is CCC(=O)Cc1nc(-c2ccc(OC)c(Br)c2)no1. The molecular weight excluding hydrogens is 312 g/mol. The largest absolute Gasteiger partial charge is 0.496 e. The fraction of sp³-hybridized carbons (Fsp3) is 0.308. The third-order valence-corrected chi connectivity index (χ3v) is 3.24. The van der Waals surface area contributed by atoms with Crippen molar-refractivity contribution in [3.63, 3.8) is 0 Å². The number of Topliss-reactive ketones (excluding diaryl/α,β-unsaturated/α-hetero) is 1. The topological polar surface area (TPSA) is 65.2 Å². The molecule has 0 radical (unpaired) electrons. The van der Waals surface area contributed by atoms with Crippen molar-refractivity contribution in [1.29, 1.82) is 0 Å². The Morgan fingerprint density at radius 2 is 2.26 bits per heavy atom. The van der Waals surface area contributed by atoms with Gasteiger partial charge in [0.1, 0.15) is 11.5 Å². The van der Waals surface area contributed by atoms with Crippen LogP contribution in [-0.4, -0.2) is 23.0 Å². The number of carbonyl (C=O) groups is 1. The van der Waals surface area contributed by atoms with E-state index >= 15 is 0 Å². The average molecular weight is 325 g/mol. The van der Waals surface area contributed by atoms with Gasteiger partial charge in [0, 0.05) is 12.0 Å². The van der Waals surface area contributed by atoms with Crippen molar-refractivity contribution in [3.05, 3.63) is 28.6 Å². The number of halogens is 1. The molecule has 100 valence electrons. The van der Waals surface area contributed by atoms with E-state index in [4.69, 9.17) is 9.26 Å². The molecule has 2 aromatic rings. The molecule has 0 saturated heterocycles. The molecule has 6 heteroatoms. The normalized spacial score (nSPS) is 10.5. The van der Waals surface area contributed by atoms with Gasteiger partial charge in [-0.3, -0.25) is 4.79 Å². The average Bonchev–Trinajstić information content (AvgIpc) is 2.87. The number of hydrogen-bond acceptors (Lipinski definition) is 5. The van der Waals surface area contributed by atoms with E-state index in [0.717, 1.165) is 15.8 Å². The molecule has 0 aliphatic rings. The maximum absolute atomic E-state index is 11.3. The second-order valence-corrected chi connectivity index (χ2v) is 4.78. The van der Waals surface area contributed by atoms with E-state index in [1.165, 1.54) is 0 Å². The molecule has 0 spiro atoms. The summed E-state index contributed by atoms with van der Waals surface area (Å²) in [6, 6.07) is 5.49. The molecule has 5 nitrogen and oxygen atoms in total. The lowest BCUT2D eigenvalue weighted by molar-refractivity contribution is -0.118. The van der Waals surface area contributed by atoms with E-state index in [-0.39, 0.29) is 12.2 Å². The quantitative estimate of drug-likeness (QED) is 0.845. The summed E-state index contributed by atoms with van der Waals surface area (Å²) in [5.41, 5.74) is 0.798. The molecule has 1 aromatic heterocycles. The Bertz CT molecular complexity index is 595. The summed E-state index contributed by atoms with van der Waals surface area (Å²) in [7, 11) is 1.60. The van der Waals surface area contributed by atoms with Gasteiger partial charge in [0.05, 0.1) is 18.0 Å². The van der Waals surface area contributed by atoms with Crippen LogP contribution < -0.4 is 4.74 Å². The smallest absolute Gasteiger partial charge is 0.234 e. The number of nitrogens with zero attached hydrogens (tertiary/aromatic N) is 2. The van der Waals surface area contributed by atoms with Gasteiger partial charge in [0.15, 0.2) is 0 Å². The minimum Gasteiger partial charge on any atom is -0.496 e. The summed E-state index contributed by atoms with van der Waals surface area (Å²) >= 11 is 3.40. The Morgan fingerprint density at radius 3 is 2.89 bits per heavy atom. The zero-order chi connectivity index (χ0) is 13.8. The van der Waals surface area contributed by atoms with Gasteiger partial charge in [-0.1, -0.05) is 12.1 Å². The number of methoxy groups -OCH3 is 1. The van der Waals surface area contributed by atoms with Crippen LogP contribution in [0.4, 0.5) is 0 Å². The van der Waals surface area contributed by atoms with Gasteiger partial charge in [-0.15, -0.1) is 0 Å². The van der Waals surface area contributed by atoms with E-state index in [0.29, 0.717) is 18.1 Å². The van der Waals surface area contributed by atoms with Gasteiger partial charge in [0.2, 0.25) is 11.7 Å². The summed E-state index contributed by atoms with van der Waals surface area (Å²) in [6.45, 7) is 1.81. The van der Waals surface area contributed by atoms with Crippen molar-refractivity contribution in [2.24, 2.45) is 0 Å². The Kier molecular flexibility index (Phi) is 4.31. The molecule has 0 bridgehead atoms. The third-order valence-electron chi connectivity index (χ3n) is 2.62. The van der Waals surface area contributed by atoms with Crippen molar-refractivity contribution >= 4 is 21.7 Å². The summed E-state index contributed by atoms with van der Waals surface area (Å²) in [5, 5.41) is 3.87. The number of ether oxygens (including phenoxy) is 1. The molecule has 19 heavy (non-hydrogen) atoms. The van der Waals surface area contributed by atoms with Crippen LogP contribution >= 0.6 is 15.9 Å². The molecular formula is C13H13BrN2O3. The van der Waals surface area contributed by atoms with Crippen molar-refractivity contribution < 1.29 is 14.1 Å². The maximum atomic E-state index is 11.3. The number of hydrogen-bond donors (Lipinski definition) is 0. The van der Waals surface area contributed by atoms with Crippen LogP contribution in [0.3, 0.4) is 0 Å². The molecule has 1 aromatic carbocycles. The summed E-state index contributed by atoms with van der Waals surface area (Å²) in [4.78, 5) is 15.5. The molecule has 0 amide bonds. The standard InChI is InChI=1S/C13H13BrN2O3/c1-3-9(17)7-12-15-13(16-19-12)8-4-5-11(18-2)10(14)6-8/h4-6H,3,7H2,1-2H3. The lowest BCUT2D eigenvalue weighted by atomic mass is 10.2. The highest BCUT2D eigenvalue weighted by Gasteiger charge is 2.12. The highest BCUT2D eigenvalue weighted by molar-refractivity contribution is 9.10. The van der Waals surface area contributed by atoms with Crippen LogP contribution in [0.1, 0.15) is 19.2 Å². The maximum Gasteiger partial charge on any atom is 0.234 e. The van der Waals surface area contributed by atoms with Crippen LogP contribution in [0.5, 0.6) is 5.75 Å². The van der Waals surface area contributed by atoms with Gasteiger partial charge in [-0.05, 0) is 34.1 Å². The fourth-order valence-corrected chi connectivity index (χ4v) is 2.08. The lowest BCUT2D eigenvalue weighted by Gasteiger charge is -2.03. The minimum atomic E-state index is 0.0751. The van der Waals surface area contributed by atoms with Crippen LogP contribution in [-0.2, 0) is 11.2 Å². The Hall–Kier alpha value is -1.69. The highest BCUT2D eigenvalue weighted by atomic mass is 79.9. The number of carbonyl (C=O) groups excluding carboxylic acids is 1. The van der Waals surface area contributed by atoms with E-state index in [1.807, 2.05) is 18.2 Å². The second-order valence-electron chi connectivity index (χ2n) is 3.93. The Morgan fingerprint density at radius 1 is 1.47 bits per heavy atom. The Balaban J connectivity index is 2.23. The monoisotopic (exact) mass is 324 g/mol. The zero-order valence-corrected chi connectivity index (χ0v) is 12.2. The van der Waals surface area contributed by atoms with Gasteiger partial charge < -0.3 is 9.26 Å². The second kappa shape index (κ2) is 5.97. The summed E-state index contributed by atoms with van der Waals surface area (Å²) < 4.78 is 11.0. The molecule has 2 rings (SSSR count). The molecule has 0 unspecified atom stereocenters. The first-order valence-electron chi connectivity index (χ1n) is 5.82. The molecule has 0 fully saturated rings. The van der Waals surface area contributed by atoms with Gasteiger partial charge in [0.25, 0.3) is 0 Å². The predicted octanol–water partition coefficient (Wildman–Crippen LogP) is 3.03. The van der Waals surface area contributed by atoms with Crippen LogP contribution in [0.25, 0.3) is 11.4 Å². The van der Waals surface area contributed by atoms with Crippen molar-refractivity contribution in [3.8, 4) is 17.1 Å². The van der Waals surface area contributed by atoms with Crippen LogP contribution in [0, 0.1) is 0 Å². The van der Waals surface area contributed by atoms with E-state index < -0.39 is 0 Å². The minimum absolute atomic E-state index is 0.0751. The van der Waals surface area contributed by atoms with E-state index in [2.05, 4.69) is 26.1 Å². The van der Waals surface area contributed by atoms with E-state index in [1.54, 1.807) is 14.0 Å². The van der Waals surface area contributed by atoms with Crippen molar-refractivity contribution in [1.82, 2.24) is 10.1 Å². The van der Waals surface area contributed by atoms with E-state index in [9.17, 15) is 4.79 Å². The zero-order valence-electron chi connectivity index (χ0n) is 10.6. The third kappa shape index (κ3) is 3.20. The first-order valence-corrected chi connectivity index (χ1v) is 6.61. The van der Waals surface area contributed by atoms with Gasteiger partial charge in [-0.25, -0.2) is 0 Å². The highest BCUT2D eigenvalue weighted by Crippen LogP contribution is 2.29. The van der Waals surface area contributed by atoms with Crippen molar-refractivity contribution in [2.45, 2.75) is 19.8 Å². The lowest BCUT2D eigenvalue weighted by Crippen LogP contribution is -2.00.